The molecule has 8 rings (SSSR count). The average molecular weight is 508 g/mol. The van der Waals surface area contributed by atoms with Crippen molar-refractivity contribution in [3.8, 4) is 10.6 Å². The smallest absolute Gasteiger partial charge is 0.282 e. The lowest BCUT2D eigenvalue weighted by Gasteiger charge is -2.58. The van der Waals surface area contributed by atoms with E-state index in [0.717, 1.165) is 67.5 Å². The number of piperidine rings is 1. The third-order valence-electron chi connectivity index (χ3n) is 9.04. The van der Waals surface area contributed by atoms with E-state index in [0.29, 0.717) is 33.8 Å². The number of H-pyrrole nitrogens is 1. The molecule has 4 saturated carbocycles. The minimum Gasteiger partial charge on any atom is -0.390 e. The number of likely N-dealkylation sites (tertiary alicyclic amines) is 1. The van der Waals surface area contributed by atoms with Crippen LogP contribution in [0.5, 0.6) is 0 Å². The number of pyridine rings is 1. The van der Waals surface area contributed by atoms with Crippen LogP contribution in [-0.4, -0.2) is 73.9 Å². The van der Waals surface area contributed by atoms with Crippen molar-refractivity contribution in [2.24, 2.45) is 17.8 Å². The molecule has 0 aromatic carbocycles. The Kier molecular flexibility index (Phi) is 5.34. The zero-order valence-electron chi connectivity index (χ0n) is 20.5. The number of anilines is 1. The number of hydrogen-bond donors (Lipinski definition) is 4. The molecule has 1 unspecified atom stereocenters. The van der Waals surface area contributed by atoms with Gasteiger partial charge in [0.25, 0.3) is 5.91 Å². The topological polar surface area (TPSA) is 119 Å². The molecule has 10 heteroatoms. The Bertz CT molecular complexity index is 1280. The van der Waals surface area contributed by atoms with Crippen molar-refractivity contribution < 1.29 is 9.90 Å². The summed E-state index contributed by atoms with van der Waals surface area (Å²) in [5.74, 6) is 1.46. The lowest BCUT2D eigenvalue weighted by Crippen LogP contribution is -2.59. The Balaban J connectivity index is 1.17. The highest BCUT2D eigenvalue weighted by atomic mass is 32.1. The van der Waals surface area contributed by atoms with E-state index in [-0.39, 0.29) is 11.9 Å². The lowest BCUT2D eigenvalue weighted by molar-refractivity contribution is -0.129. The Hall–Kier alpha value is -2.56. The van der Waals surface area contributed by atoms with Gasteiger partial charge in [-0.05, 0) is 88.9 Å². The number of aromatic nitrogens is 4. The Morgan fingerprint density at radius 3 is 2.72 bits per heavy atom. The second-order valence-corrected chi connectivity index (χ2v) is 12.6. The number of aliphatic hydroxyl groups is 1. The first-order chi connectivity index (χ1) is 17.4. The summed E-state index contributed by atoms with van der Waals surface area (Å²) < 4.78 is 0. The minimum absolute atomic E-state index is 0.146. The van der Waals surface area contributed by atoms with E-state index in [1.54, 1.807) is 0 Å². The molecular formula is C26H33N7O2S. The van der Waals surface area contributed by atoms with Gasteiger partial charge < -0.3 is 25.6 Å². The molecule has 1 amide bonds. The van der Waals surface area contributed by atoms with Gasteiger partial charge in [-0.25, -0.2) is 4.98 Å². The van der Waals surface area contributed by atoms with E-state index in [4.69, 9.17) is 0 Å². The molecule has 3 aromatic heterocycles. The van der Waals surface area contributed by atoms with Gasteiger partial charge in [-0.3, -0.25) is 4.79 Å². The summed E-state index contributed by atoms with van der Waals surface area (Å²) in [6.07, 6.45) is 10.8. The van der Waals surface area contributed by atoms with Crippen LogP contribution >= 0.6 is 11.3 Å². The third kappa shape index (κ3) is 3.90. The molecule has 0 spiro atoms. The van der Waals surface area contributed by atoms with Gasteiger partial charge in [-0.1, -0.05) is 11.3 Å². The molecule has 0 radical (unpaired) electrons. The molecule has 4 bridgehead atoms. The van der Waals surface area contributed by atoms with Crippen molar-refractivity contribution in [2.75, 3.05) is 25.5 Å². The van der Waals surface area contributed by atoms with Crippen LogP contribution in [-0.2, 0) is 0 Å². The predicted molar refractivity (Wildman–Crippen MR) is 139 cm³/mol. The summed E-state index contributed by atoms with van der Waals surface area (Å²) in [5, 5.41) is 28.9. The maximum atomic E-state index is 12.9. The van der Waals surface area contributed by atoms with Crippen molar-refractivity contribution in [2.45, 2.75) is 62.6 Å². The van der Waals surface area contributed by atoms with Crippen molar-refractivity contribution in [1.29, 1.82) is 0 Å². The Morgan fingerprint density at radius 1 is 1.19 bits per heavy atom. The van der Waals surface area contributed by atoms with Crippen LogP contribution in [0.3, 0.4) is 0 Å². The first-order valence-corrected chi connectivity index (χ1v) is 14.0. The van der Waals surface area contributed by atoms with Crippen molar-refractivity contribution in [3.05, 3.63) is 23.5 Å². The zero-order chi connectivity index (χ0) is 24.4. The van der Waals surface area contributed by atoms with Gasteiger partial charge in [-0.2, -0.15) is 0 Å². The number of carbonyl (C=O) groups excluding carboxylic acids is 1. The van der Waals surface area contributed by atoms with Gasteiger partial charge in [-0.15, -0.1) is 10.2 Å². The summed E-state index contributed by atoms with van der Waals surface area (Å²) >= 11 is 1.32. The molecule has 4 heterocycles. The fraction of sp³-hybridized carbons (Fsp3) is 0.615. The van der Waals surface area contributed by atoms with Crippen LogP contribution in [0.4, 0.5) is 5.69 Å². The first kappa shape index (κ1) is 22.6. The number of nitrogens with one attached hydrogen (secondary N) is 3. The standard InChI is InChI=1S/C26H33N7O2S/c1-33-6-3-17(4-7-33)29-23(34)25-32-31-24(36-25)19-13-28-22-18(2-5-27-22)21(19)30-20-15-8-14-9-16(20)12-26(35,10-14)11-15/h2,5,13-17,20,35H,3-4,6-12H2,1H3,(H,29,34)(H2,27,28,30)/t14?,15-,16+,20+,26-. The van der Waals surface area contributed by atoms with Gasteiger partial charge in [0.15, 0.2) is 5.01 Å². The molecule has 9 nitrogen and oxygen atoms in total. The minimum atomic E-state index is -0.464. The SMILES string of the molecule is CN1CCC(NC(=O)c2nnc(-c3cnc4[nH]ccc4c3N[C@H]3[C@@H]4CC5C[C@H]3C[C@@](O)(C5)C4)s2)CC1. The van der Waals surface area contributed by atoms with E-state index in [1.165, 1.54) is 24.2 Å². The predicted octanol–water partition coefficient (Wildman–Crippen LogP) is 3.26. The highest BCUT2D eigenvalue weighted by Crippen LogP contribution is 2.56. The quantitative estimate of drug-likeness (QED) is 0.419. The molecular weight excluding hydrogens is 474 g/mol. The third-order valence-corrected chi connectivity index (χ3v) is 10.00. The first-order valence-electron chi connectivity index (χ1n) is 13.2. The van der Waals surface area contributed by atoms with Gasteiger partial charge >= 0.3 is 0 Å². The molecule has 1 aliphatic heterocycles. The number of amides is 1. The summed E-state index contributed by atoms with van der Waals surface area (Å²) in [6, 6.07) is 2.55. The van der Waals surface area contributed by atoms with E-state index in [2.05, 4.69) is 42.7 Å². The highest BCUT2D eigenvalue weighted by Gasteiger charge is 2.54. The maximum Gasteiger partial charge on any atom is 0.282 e. The van der Waals surface area contributed by atoms with Gasteiger partial charge in [0, 0.05) is 29.9 Å². The highest BCUT2D eigenvalue weighted by molar-refractivity contribution is 7.16. The molecule has 4 N–H and O–H groups in total. The van der Waals surface area contributed by atoms with Gasteiger partial charge in [0.1, 0.15) is 5.65 Å². The molecule has 5 atom stereocenters. The van der Waals surface area contributed by atoms with Crippen molar-refractivity contribution in [1.82, 2.24) is 30.4 Å². The van der Waals surface area contributed by atoms with E-state index >= 15 is 0 Å². The Morgan fingerprint density at radius 2 is 1.97 bits per heavy atom. The number of nitrogens with zero attached hydrogens (tertiary/aromatic N) is 4. The fourth-order valence-corrected chi connectivity index (χ4v) is 8.30. The zero-order valence-corrected chi connectivity index (χ0v) is 21.4. The normalized spacial score (nSPS) is 32.3. The number of aromatic amines is 1. The van der Waals surface area contributed by atoms with E-state index < -0.39 is 5.60 Å². The van der Waals surface area contributed by atoms with Crippen LogP contribution < -0.4 is 10.6 Å². The van der Waals surface area contributed by atoms with Gasteiger partial charge in [0.05, 0.1) is 16.9 Å². The molecule has 190 valence electrons. The van der Waals surface area contributed by atoms with Crippen molar-refractivity contribution in [3.63, 3.8) is 0 Å². The van der Waals surface area contributed by atoms with Crippen LogP contribution in [0.15, 0.2) is 18.5 Å². The van der Waals surface area contributed by atoms with Gasteiger partial charge in [0.2, 0.25) is 5.01 Å². The summed E-state index contributed by atoms with van der Waals surface area (Å²) in [4.78, 5) is 23.1. The molecule has 5 fully saturated rings. The van der Waals surface area contributed by atoms with Crippen molar-refractivity contribution >= 4 is 34.0 Å². The molecule has 36 heavy (non-hydrogen) atoms. The van der Waals surface area contributed by atoms with E-state index in [9.17, 15) is 9.90 Å². The monoisotopic (exact) mass is 507 g/mol. The number of rotatable bonds is 5. The largest absolute Gasteiger partial charge is 0.390 e. The molecule has 1 saturated heterocycles. The molecule has 5 aliphatic rings. The summed E-state index contributed by atoms with van der Waals surface area (Å²) in [6.45, 7) is 1.98. The average Bonchev–Trinajstić information content (AvgIpc) is 3.52. The maximum absolute atomic E-state index is 12.9. The fourth-order valence-electron chi connectivity index (χ4n) is 7.53. The van der Waals surface area contributed by atoms with Crippen LogP contribution in [0.1, 0.15) is 54.7 Å². The molecule has 4 aliphatic carbocycles. The Labute approximate surface area is 214 Å². The summed E-state index contributed by atoms with van der Waals surface area (Å²) in [7, 11) is 2.11. The second kappa shape index (κ2) is 8.49. The number of carbonyl (C=O) groups is 1. The van der Waals surface area contributed by atoms with Crippen LogP contribution in [0.25, 0.3) is 21.6 Å². The van der Waals surface area contributed by atoms with Crippen LogP contribution in [0, 0.1) is 17.8 Å². The van der Waals surface area contributed by atoms with Crippen LogP contribution in [0.2, 0.25) is 0 Å². The molecule has 3 aromatic rings. The number of hydrogen-bond acceptors (Lipinski definition) is 8. The lowest BCUT2D eigenvalue weighted by atomic mass is 9.52. The van der Waals surface area contributed by atoms with E-state index in [1.807, 2.05) is 18.5 Å². The number of fused-ring (bicyclic) bond motifs is 1. The second-order valence-electron chi connectivity index (χ2n) is 11.6. The summed E-state index contributed by atoms with van der Waals surface area (Å²) in [5.41, 5.74) is 2.25.